The number of fused-ring (bicyclic) bond motifs is 1. The van der Waals surface area contributed by atoms with E-state index in [1.165, 1.54) is 0 Å². The van der Waals surface area contributed by atoms with Crippen LogP contribution in [-0.4, -0.2) is 21.6 Å². The van der Waals surface area contributed by atoms with Gasteiger partial charge in [-0.05, 0) is 28.8 Å². The molecule has 0 fully saturated rings. The third kappa shape index (κ3) is 3.55. The Morgan fingerprint density at radius 2 is 1.19 bits per heavy atom. The molecule has 0 saturated carbocycles. The minimum Gasteiger partial charge on any atom is -0.390 e. The standard InChI is InChI=1S/C32H27N3O/c36-23-28-22-33-31(30-21-20-24-12-10-11-19-29(24)34-30)35(28)32(25-13-4-1-5-14-25,26-15-6-2-7-16-26)27-17-8-3-9-18-27/h1-22,31,33,36H,23H2. The molecule has 4 aromatic carbocycles. The Balaban J connectivity index is 1.65. The fourth-order valence-electron chi connectivity index (χ4n) is 5.42. The van der Waals surface area contributed by atoms with Gasteiger partial charge in [-0.15, -0.1) is 0 Å². The predicted octanol–water partition coefficient (Wildman–Crippen LogP) is 5.96. The van der Waals surface area contributed by atoms with Gasteiger partial charge < -0.3 is 15.3 Å². The van der Waals surface area contributed by atoms with Crippen LogP contribution in [0.5, 0.6) is 0 Å². The highest BCUT2D eigenvalue weighted by atomic mass is 16.3. The Bertz CT molecular complexity index is 1400. The van der Waals surface area contributed by atoms with Crippen LogP contribution in [0, 0.1) is 0 Å². The molecule has 2 N–H and O–H groups in total. The molecule has 0 radical (unpaired) electrons. The van der Waals surface area contributed by atoms with Gasteiger partial charge in [-0.1, -0.05) is 115 Å². The van der Waals surface area contributed by atoms with E-state index < -0.39 is 5.54 Å². The lowest BCUT2D eigenvalue weighted by atomic mass is 9.75. The summed E-state index contributed by atoms with van der Waals surface area (Å²) in [6.07, 6.45) is 1.63. The Kier molecular flexibility index (Phi) is 5.72. The first-order valence-electron chi connectivity index (χ1n) is 12.2. The molecular weight excluding hydrogens is 442 g/mol. The van der Waals surface area contributed by atoms with Crippen molar-refractivity contribution in [1.29, 1.82) is 0 Å². The number of aliphatic hydroxyl groups excluding tert-OH is 1. The van der Waals surface area contributed by atoms with Crippen LogP contribution in [-0.2, 0) is 5.54 Å². The molecule has 1 aliphatic rings. The number of para-hydroxylation sites is 1. The average Bonchev–Trinajstić information content (AvgIpc) is 3.39. The van der Waals surface area contributed by atoms with Gasteiger partial charge in [0.15, 0.2) is 0 Å². The van der Waals surface area contributed by atoms with Gasteiger partial charge in [0.2, 0.25) is 0 Å². The maximum atomic E-state index is 10.6. The van der Waals surface area contributed by atoms with E-state index in [0.717, 1.165) is 39.0 Å². The first-order chi connectivity index (χ1) is 17.8. The molecule has 0 bridgehead atoms. The monoisotopic (exact) mass is 469 g/mol. The quantitative estimate of drug-likeness (QED) is 0.301. The van der Waals surface area contributed by atoms with Crippen LogP contribution >= 0.6 is 0 Å². The SMILES string of the molecule is OCC1=CNC(c2ccc3ccccc3n2)N1C(c1ccccc1)(c1ccccc1)c1ccccc1. The Morgan fingerprint density at radius 1 is 0.667 bits per heavy atom. The van der Waals surface area contributed by atoms with E-state index >= 15 is 0 Å². The summed E-state index contributed by atoms with van der Waals surface area (Å²) in [5.74, 6) is 0. The number of hydrogen-bond donors (Lipinski definition) is 2. The van der Waals surface area contributed by atoms with E-state index in [1.807, 2.05) is 42.6 Å². The van der Waals surface area contributed by atoms with Crippen LogP contribution in [0.15, 0.2) is 139 Å². The second kappa shape index (κ2) is 9.33. The second-order valence-electron chi connectivity index (χ2n) is 8.97. The zero-order valence-corrected chi connectivity index (χ0v) is 19.8. The predicted molar refractivity (Wildman–Crippen MR) is 144 cm³/mol. The summed E-state index contributed by atoms with van der Waals surface area (Å²) in [6, 6.07) is 43.9. The molecule has 0 spiro atoms. The Hall–Kier alpha value is -4.41. The summed E-state index contributed by atoms with van der Waals surface area (Å²) in [6.45, 7) is -0.106. The number of aromatic nitrogens is 1. The summed E-state index contributed by atoms with van der Waals surface area (Å²) in [4.78, 5) is 7.35. The summed E-state index contributed by atoms with van der Waals surface area (Å²) in [5, 5.41) is 15.2. The van der Waals surface area contributed by atoms with E-state index in [2.05, 4.69) is 101 Å². The molecule has 1 aliphatic heterocycles. The molecule has 1 aromatic heterocycles. The van der Waals surface area contributed by atoms with Gasteiger partial charge in [0.25, 0.3) is 0 Å². The first kappa shape index (κ1) is 22.1. The van der Waals surface area contributed by atoms with Gasteiger partial charge in [-0.2, -0.15) is 0 Å². The molecule has 2 heterocycles. The lowest BCUT2D eigenvalue weighted by Gasteiger charge is -2.48. The number of nitrogens with one attached hydrogen (secondary N) is 1. The highest BCUT2D eigenvalue weighted by Gasteiger charge is 2.48. The van der Waals surface area contributed by atoms with E-state index in [9.17, 15) is 5.11 Å². The van der Waals surface area contributed by atoms with E-state index in [-0.39, 0.29) is 12.8 Å². The number of aliphatic hydroxyl groups is 1. The molecule has 0 amide bonds. The van der Waals surface area contributed by atoms with Crippen molar-refractivity contribution in [2.75, 3.05) is 6.61 Å². The van der Waals surface area contributed by atoms with Crippen LogP contribution < -0.4 is 5.32 Å². The zero-order valence-electron chi connectivity index (χ0n) is 19.8. The number of nitrogens with zero attached hydrogens (tertiary/aromatic N) is 2. The molecule has 4 nitrogen and oxygen atoms in total. The summed E-state index contributed by atoms with van der Waals surface area (Å²) < 4.78 is 0. The molecule has 1 atom stereocenters. The number of hydrogen-bond acceptors (Lipinski definition) is 4. The molecule has 36 heavy (non-hydrogen) atoms. The van der Waals surface area contributed by atoms with Crippen molar-refractivity contribution < 1.29 is 5.11 Å². The van der Waals surface area contributed by atoms with Gasteiger partial charge in [-0.25, -0.2) is 4.98 Å². The molecule has 176 valence electrons. The zero-order chi connectivity index (χ0) is 24.4. The molecule has 6 rings (SSSR count). The third-order valence-electron chi connectivity index (χ3n) is 6.97. The van der Waals surface area contributed by atoms with Crippen LogP contribution in [0.3, 0.4) is 0 Å². The van der Waals surface area contributed by atoms with Crippen molar-refractivity contribution in [3.05, 3.63) is 162 Å². The molecule has 0 saturated heterocycles. The van der Waals surface area contributed by atoms with Crippen molar-refractivity contribution in [2.24, 2.45) is 0 Å². The second-order valence-corrected chi connectivity index (χ2v) is 8.97. The van der Waals surface area contributed by atoms with Crippen molar-refractivity contribution in [1.82, 2.24) is 15.2 Å². The number of benzene rings is 4. The van der Waals surface area contributed by atoms with Gasteiger partial charge in [-0.3, -0.25) is 0 Å². The Morgan fingerprint density at radius 3 is 1.75 bits per heavy atom. The largest absolute Gasteiger partial charge is 0.390 e. The fourth-order valence-corrected chi connectivity index (χ4v) is 5.42. The molecular formula is C32H27N3O. The maximum Gasteiger partial charge on any atom is 0.144 e. The van der Waals surface area contributed by atoms with E-state index in [4.69, 9.17) is 4.98 Å². The average molecular weight is 470 g/mol. The first-order valence-corrected chi connectivity index (χ1v) is 12.2. The molecule has 1 unspecified atom stereocenters. The maximum absolute atomic E-state index is 10.6. The van der Waals surface area contributed by atoms with Crippen molar-refractivity contribution in [3.8, 4) is 0 Å². The van der Waals surface area contributed by atoms with Gasteiger partial charge >= 0.3 is 0 Å². The topological polar surface area (TPSA) is 48.4 Å². The van der Waals surface area contributed by atoms with Gasteiger partial charge in [0.1, 0.15) is 11.7 Å². The highest BCUT2D eigenvalue weighted by molar-refractivity contribution is 5.78. The lowest BCUT2D eigenvalue weighted by Crippen LogP contribution is -2.49. The lowest BCUT2D eigenvalue weighted by molar-refractivity contribution is 0.127. The highest BCUT2D eigenvalue weighted by Crippen LogP contribution is 2.49. The van der Waals surface area contributed by atoms with Crippen LogP contribution in [0.25, 0.3) is 10.9 Å². The van der Waals surface area contributed by atoms with Crippen LogP contribution in [0.1, 0.15) is 28.6 Å². The fraction of sp³-hybridized carbons (Fsp3) is 0.0938. The number of pyridine rings is 1. The van der Waals surface area contributed by atoms with Crippen LogP contribution in [0.4, 0.5) is 0 Å². The minimum atomic E-state index is -0.722. The Labute approximate surface area is 211 Å². The van der Waals surface area contributed by atoms with Gasteiger partial charge in [0.05, 0.1) is 23.5 Å². The van der Waals surface area contributed by atoms with Crippen molar-refractivity contribution in [2.45, 2.75) is 11.7 Å². The molecule has 5 aromatic rings. The normalized spacial score (nSPS) is 15.5. The molecule has 4 heteroatoms. The number of rotatable bonds is 6. The van der Waals surface area contributed by atoms with Gasteiger partial charge in [0, 0.05) is 11.6 Å². The van der Waals surface area contributed by atoms with Crippen LogP contribution in [0.2, 0.25) is 0 Å². The van der Waals surface area contributed by atoms with Crippen molar-refractivity contribution in [3.63, 3.8) is 0 Å². The van der Waals surface area contributed by atoms with E-state index in [0.29, 0.717) is 0 Å². The van der Waals surface area contributed by atoms with Crippen molar-refractivity contribution >= 4 is 10.9 Å². The van der Waals surface area contributed by atoms with E-state index in [1.54, 1.807) is 0 Å². The summed E-state index contributed by atoms with van der Waals surface area (Å²) >= 11 is 0. The molecule has 0 aliphatic carbocycles. The minimum absolute atomic E-state index is 0.106. The summed E-state index contributed by atoms with van der Waals surface area (Å²) in [5.41, 5.74) is 5.23. The third-order valence-corrected chi connectivity index (χ3v) is 6.97. The smallest absolute Gasteiger partial charge is 0.144 e. The summed E-state index contributed by atoms with van der Waals surface area (Å²) in [7, 11) is 0.